The molecule has 0 aliphatic heterocycles. The molecule has 0 spiro atoms. The van der Waals surface area contributed by atoms with Gasteiger partial charge < -0.3 is 9.47 Å². The van der Waals surface area contributed by atoms with Crippen molar-refractivity contribution in [2.45, 2.75) is 6.61 Å². The molecule has 0 N–H and O–H groups in total. The molecule has 7 heteroatoms. The van der Waals surface area contributed by atoms with Gasteiger partial charge in [-0.05, 0) is 17.7 Å². The Bertz CT molecular complexity index is 434. The van der Waals surface area contributed by atoms with Gasteiger partial charge in [-0.15, -0.1) is 0 Å². The van der Waals surface area contributed by atoms with Crippen LogP contribution in [0.4, 0.5) is 8.78 Å². The molecule has 17 heavy (non-hydrogen) atoms. The summed E-state index contributed by atoms with van der Waals surface area (Å²) < 4.78 is 33.1. The fraction of sp³-hybridized carbons (Fsp3) is 0.200. The Kier molecular flexibility index (Phi) is 4.38. The number of methoxy groups -OCH3 is 1. The van der Waals surface area contributed by atoms with E-state index in [0.29, 0.717) is 5.56 Å². The SMILES string of the molecule is COc1cc(C=C[N+](=O)[O-])ccc1OC(F)F. The van der Waals surface area contributed by atoms with Gasteiger partial charge in [0, 0.05) is 6.08 Å². The van der Waals surface area contributed by atoms with E-state index >= 15 is 0 Å². The molecule has 0 bridgehead atoms. The van der Waals surface area contributed by atoms with Crippen molar-refractivity contribution >= 4 is 6.08 Å². The molecular weight excluding hydrogens is 236 g/mol. The number of hydrogen-bond donors (Lipinski definition) is 0. The Morgan fingerprint density at radius 1 is 1.41 bits per heavy atom. The molecule has 0 fully saturated rings. The number of ether oxygens (including phenoxy) is 2. The van der Waals surface area contributed by atoms with E-state index < -0.39 is 11.5 Å². The quantitative estimate of drug-likeness (QED) is 0.590. The van der Waals surface area contributed by atoms with Gasteiger partial charge in [0.2, 0.25) is 6.20 Å². The lowest BCUT2D eigenvalue weighted by Crippen LogP contribution is -2.03. The summed E-state index contributed by atoms with van der Waals surface area (Å²) in [5.41, 5.74) is 0.445. The third-order valence-corrected chi connectivity index (χ3v) is 1.79. The summed E-state index contributed by atoms with van der Waals surface area (Å²) in [5, 5.41) is 10.1. The molecule has 5 nitrogen and oxygen atoms in total. The predicted octanol–water partition coefficient (Wildman–Crippen LogP) is 2.54. The summed E-state index contributed by atoms with van der Waals surface area (Å²) in [6, 6.07) is 4.02. The third-order valence-electron chi connectivity index (χ3n) is 1.79. The van der Waals surface area contributed by atoms with Crippen molar-refractivity contribution in [1.82, 2.24) is 0 Å². The van der Waals surface area contributed by atoms with Gasteiger partial charge in [-0.3, -0.25) is 10.1 Å². The van der Waals surface area contributed by atoms with Gasteiger partial charge in [0.1, 0.15) is 0 Å². The topological polar surface area (TPSA) is 61.6 Å². The summed E-state index contributed by atoms with van der Waals surface area (Å²) in [4.78, 5) is 9.47. The van der Waals surface area contributed by atoms with E-state index in [9.17, 15) is 18.9 Å². The Balaban J connectivity index is 2.95. The molecule has 0 aliphatic rings. The van der Waals surface area contributed by atoms with Crippen LogP contribution in [0, 0.1) is 10.1 Å². The van der Waals surface area contributed by atoms with Gasteiger partial charge in [0.15, 0.2) is 11.5 Å². The maximum atomic E-state index is 12.0. The van der Waals surface area contributed by atoms with Crippen LogP contribution in [0.2, 0.25) is 0 Å². The van der Waals surface area contributed by atoms with Gasteiger partial charge in [0.05, 0.1) is 12.0 Å². The maximum Gasteiger partial charge on any atom is 0.387 e. The lowest BCUT2D eigenvalue weighted by molar-refractivity contribution is -0.400. The molecule has 0 heterocycles. The lowest BCUT2D eigenvalue weighted by atomic mass is 10.2. The van der Waals surface area contributed by atoms with Crippen LogP contribution in [0.3, 0.4) is 0 Å². The average Bonchev–Trinajstić information content (AvgIpc) is 2.26. The second-order valence-corrected chi connectivity index (χ2v) is 2.89. The minimum Gasteiger partial charge on any atom is -0.493 e. The molecule has 0 aromatic heterocycles. The molecule has 0 radical (unpaired) electrons. The summed E-state index contributed by atoms with van der Waals surface area (Å²) in [6.07, 6.45) is 1.96. The standard InChI is InChI=1S/C10H9F2NO4/c1-16-9-6-7(4-5-13(14)15)2-3-8(9)17-10(11)12/h2-6,10H,1H3. The highest BCUT2D eigenvalue weighted by atomic mass is 19.3. The van der Waals surface area contributed by atoms with E-state index in [1.807, 2.05) is 0 Å². The molecule has 1 aromatic rings. The van der Waals surface area contributed by atoms with E-state index in [-0.39, 0.29) is 11.5 Å². The predicted molar refractivity (Wildman–Crippen MR) is 55.7 cm³/mol. The Labute approximate surface area is 95.4 Å². The molecule has 0 amide bonds. The molecule has 1 rings (SSSR count). The second-order valence-electron chi connectivity index (χ2n) is 2.89. The molecule has 92 valence electrons. The minimum absolute atomic E-state index is 0.0794. The zero-order valence-electron chi connectivity index (χ0n) is 8.80. The van der Waals surface area contributed by atoms with Gasteiger partial charge in [0.25, 0.3) is 0 Å². The summed E-state index contributed by atoms with van der Waals surface area (Å²) in [5.74, 6) is -0.0449. The van der Waals surface area contributed by atoms with Crippen LogP contribution in [0.25, 0.3) is 6.08 Å². The van der Waals surface area contributed by atoms with Crippen molar-refractivity contribution in [1.29, 1.82) is 0 Å². The number of hydrogen-bond acceptors (Lipinski definition) is 4. The monoisotopic (exact) mass is 245 g/mol. The van der Waals surface area contributed by atoms with Crippen molar-refractivity contribution in [2.75, 3.05) is 7.11 Å². The van der Waals surface area contributed by atoms with Crippen molar-refractivity contribution in [3.05, 3.63) is 40.1 Å². The van der Waals surface area contributed by atoms with E-state index in [1.165, 1.54) is 31.4 Å². The molecule has 1 aromatic carbocycles. The molecule has 0 saturated heterocycles. The second kappa shape index (κ2) is 5.78. The number of halogens is 2. The van der Waals surface area contributed by atoms with Crippen LogP contribution < -0.4 is 9.47 Å². The lowest BCUT2D eigenvalue weighted by Gasteiger charge is -2.09. The summed E-state index contributed by atoms with van der Waals surface area (Å²) in [7, 11) is 1.29. The Morgan fingerprint density at radius 3 is 2.65 bits per heavy atom. The zero-order chi connectivity index (χ0) is 12.8. The first-order valence-electron chi connectivity index (χ1n) is 4.47. The highest BCUT2D eigenvalue weighted by Gasteiger charge is 2.10. The highest BCUT2D eigenvalue weighted by Crippen LogP contribution is 2.29. The smallest absolute Gasteiger partial charge is 0.387 e. The van der Waals surface area contributed by atoms with Gasteiger partial charge >= 0.3 is 6.61 Å². The van der Waals surface area contributed by atoms with Gasteiger partial charge in [-0.25, -0.2) is 0 Å². The Morgan fingerprint density at radius 2 is 2.12 bits per heavy atom. The average molecular weight is 245 g/mol. The van der Waals surface area contributed by atoms with Crippen LogP contribution in [0.1, 0.15) is 5.56 Å². The minimum atomic E-state index is -2.95. The first-order valence-corrected chi connectivity index (χ1v) is 4.47. The van der Waals surface area contributed by atoms with Crippen molar-refractivity contribution in [3.63, 3.8) is 0 Å². The molecule has 0 atom stereocenters. The molecular formula is C10H9F2NO4. The normalized spacial score (nSPS) is 10.8. The van der Waals surface area contributed by atoms with Crippen LogP contribution in [-0.2, 0) is 0 Å². The van der Waals surface area contributed by atoms with Gasteiger partial charge in [-0.2, -0.15) is 8.78 Å². The maximum absolute atomic E-state index is 12.0. The van der Waals surface area contributed by atoms with E-state index in [2.05, 4.69) is 4.74 Å². The van der Waals surface area contributed by atoms with Crippen molar-refractivity contribution in [2.24, 2.45) is 0 Å². The van der Waals surface area contributed by atoms with Crippen LogP contribution >= 0.6 is 0 Å². The Hall–Kier alpha value is -2.18. The first-order chi connectivity index (χ1) is 8.02. The number of nitro groups is 1. The number of rotatable bonds is 5. The molecule has 0 aliphatic carbocycles. The number of benzene rings is 1. The highest BCUT2D eigenvalue weighted by molar-refractivity contribution is 5.55. The first kappa shape index (κ1) is 12.9. The molecule has 0 unspecified atom stereocenters. The van der Waals surface area contributed by atoms with Crippen LogP contribution in [0.5, 0.6) is 11.5 Å². The van der Waals surface area contributed by atoms with E-state index in [4.69, 9.17) is 4.74 Å². The summed E-state index contributed by atoms with van der Waals surface area (Å²) in [6.45, 7) is -2.95. The van der Waals surface area contributed by atoms with E-state index in [1.54, 1.807) is 0 Å². The number of nitrogens with zero attached hydrogens (tertiary/aromatic N) is 1. The van der Waals surface area contributed by atoms with Crippen molar-refractivity contribution in [3.8, 4) is 11.5 Å². The van der Waals surface area contributed by atoms with Crippen LogP contribution in [0.15, 0.2) is 24.4 Å². The van der Waals surface area contributed by atoms with Crippen LogP contribution in [-0.4, -0.2) is 18.6 Å². The van der Waals surface area contributed by atoms with Gasteiger partial charge in [-0.1, -0.05) is 6.07 Å². The van der Waals surface area contributed by atoms with E-state index in [0.717, 1.165) is 6.20 Å². The molecule has 0 saturated carbocycles. The fourth-order valence-corrected chi connectivity index (χ4v) is 1.13. The number of alkyl halides is 2. The zero-order valence-corrected chi connectivity index (χ0v) is 8.80. The fourth-order valence-electron chi connectivity index (χ4n) is 1.13. The van der Waals surface area contributed by atoms with Crippen molar-refractivity contribution < 1.29 is 23.2 Å². The third kappa shape index (κ3) is 4.06. The summed E-state index contributed by atoms with van der Waals surface area (Å²) >= 11 is 0. The largest absolute Gasteiger partial charge is 0.493 e.